The van der Waals surface area contributed by atoms with E-state index >= 15 is 0 Å². The van der Waals surface area contributed by atoms with Crippen LogP contribution in [-0.2, 0) is 0 Å². The van der Waals surface area contributed by atoms with Crippen LogP contribution < -0.4 is 5.32 Å². The minimum absolute atomic E-state index is 0.708. The molecule has 2 unspecified atom stereocenters. The molecule has 0 aliphatic carbocycles. The molecule has 2 heteroatoms. The molecule has 0 aromatic carbocycles. The Morgan fingerprint density at radius 2 is 1.80 bits per heavy atom. The minimum Gasteiger partial charge on any atom is -0.314 e. The van der Waals surface area contributed by atoms with Crippen LogP contribution in [0, 0.1) is 5.92 Å². The topological polar surface area (TPSA) is 12.0 Å². The number of hydrogen-bond acceptors (Lipinski definition) is 1. The number of rotatable bonds is 10. The summed E-state index contributed by atoms with van der Waals surface area (Å²) in [6.07, 6.45) is 7.92. The summed E-state index contributed by atoms with van der Waals surface area (Å²) in [5.74, 6) is 0.884. The van der Waals surface area contributed by atoms with E-state index in [4.69, 9.17) is 0 Å². The minimum atomic E-state index is 0.708. The summed E-state index contributed by atoms with van der Waals surface area (Å²) in [6, 6.07) is 0.708. The Balaban J connectivity index is 3.66. The summed E-state index contributed by atoms with van der Waals surface area (Å²) < 4.78 is 0. The van der Waals surface area contributed by atoms with E-state index in [0.29, 0.717) is 6.04 Å². The number of halogens is 1. The van der Waals surface area contributed by atoms with Crippen LogP contribution in [0.4, 0.5) is 0 Å². The molecule has 92 valence electrons. The highest BCUT2D eigenvalue weighted by molar-refractivity contribution is 9.09. The van der Waals surface area contributed by atoms with Crippen LogP contribution in [0.2, 0.25) is 0 Å². The molecule has 0 fully saturated rings. The zero-order valence-electron chi connectivity index (χ0n) is 10.7. The first-order valence-electron chi connectivity index (χ1n) is 6.57. The van der Waals surface area contributed by atoms with Gasteiger partial charge in [-0.1, -0.05) is 56.0 Å². The van der Waals surface area contributed by atoms with Gasteiger partial charge in [0.25, 0.3) is 0 Å². The first-order chi connectivity index (χ1) is 7.28. The van der Waals surface area contributed by atoms with Crippen molar-refractivity contribution in [2.75, 3.05) is 11.9 Å². The summed E-state index contributed by atoms with van der Waals surface area (Å²) in [6.45, 7) is 8.07. The van der Waals surface area contributed by atoms with Crippen LogP contribution in [0.25, 0.3) is 0 Å². The fraction of sp³-hybridized carbons (Fsp3) is 1.00. The molecule has 0 saturated heterocycles. The molecule has 0 heterocycles. The SMILES string of the molecule is CCCCC(CC)CNC(CC)CCBr. The van der Waals surface area contributed by atoms with Gasteiger partial charge in [0, 0.05) is 11.4 Å². The van der Waals surface area contributed by atoms with Gasteiger partial charge in [0.05, 0.1) is 0 Å². The van der Waals surface area contributed by atoms with Crippen molar-refractivity contribution in [1.29, 1.82) is 0 Å². The van der Waals surface area contributed by atoms with Crippen LogP contribution in [0.5, 0.6) is 0 Å². The van der Waals surface area contributed by atoms with E-state index in [1.54, 1.807) is 0 Å². The first-order valence-corrected chi connectivity index (χ1v) is 7.69. The lowest BCUT2D eigenvalue weighted by Crippen LogP contribution is -2.33. The summed E-state index contributed by atoms with van der Waals surface area (Å²) in [7, 11) is 0. The maximum absolute atomic E-state index is 3.70. The first kappa shape index (κ1) is 15.4. The zero-order chi connectivity index (χ0) is 11.5. The zero-order valence-corrected chi connectivity index (χ0v) is 12.3. The highest BCUT2D eigenvalue weighted by Crippen LogP contribution is 2.12. The normalized spacial score (nSPS) is 15.2. The Bertz CT molecular complexity index is 128. The molecule has 0 bridgehead atoms. The smallest absolute Gasteiger partial charge is 0.00725 e. The molecule has 0 rings (SSSR count). The van der Waals surface area contributed by atoms with Crippen molar-refractivity contribution in [3.63, 3.8) is 0 Å². The van der Waals surface area contributed by atoms with E-state index in [1.807, 2.05) is 0 Å². The van der Waals surface area contributed by atoms with Gasteiger partial charge in [-0.25, -0.2) is 0 Å². The van der Waals surface area contributed by atoms with Gasteiger partial charge in [0.15, 0.2) is 0 Å². The molecule has 15 heavy (non-hydrogen) atoms. The monoisotopic (exact) mass is 277 g/mol. The van der Waals surface area contributed by atoms with Crippen LogP contribution in [0.15, 0.2) is 0 Å². The van der Waals surface area contributed by atoms with Crippen molar-refractivity contribution in [2.24, 2.45) is 5.92 Å². The molecule has 0 radical (unpaired) electrons. The van der Waals surface area contributed by atoms with E-state index in [0.717, 1.165) is 11.2 Å². The standard InChI is InChI=1S/C13H28BrN/c1-4-7-8-12(5-2)11-15-13(6-3)9-10-14/h12-13,15H,4-11H2,1-3H3. The van der Waals surface area contributed by atoms with Crippen molar-refractivity contribution in [3.05, 3.63) is 0 Å². The quantitative estimate of drug-likeness (QED) is 0.586. The van der Waals surface area contributed by atoms with Gasteiger partial charge in [-0.15, -0.1) is 0 Å². The van der Waals surface area contributed by atoms with E-state index in [2.05, 4.69) is 42.0 Å². The predicted molar refractivity (Wildman–Crippen MR) is 73.8 cm³/mol. The number of nitrogens with one attached hydrogen (secondary N) is 1. The van der Waals surface area contributed by atoms with E-state index in [-0.39, 0.29) is 0 Å². The maximum Gasteiger partial charge on any atom is 0.00725 e. The summed E-state index contributed by atoms with van der Waals surface area (Å²) in [4.78, 5) is 0. The van der Waals surface area contributed by atoms with Crippen molar-refractivity contribution < 1.29 is 0 Å². The Morgan fingerprint density at radius 1 is 1.07 bits per heavy atom. The number of unbranched alkanes of at least 4 members (excludes halogenated alkanes) is 1. The van der Waals surface area contributed by atoms with E-state index in [9.17, 15) is 0 Å². The molecule has 2 atom stereocenters. The maximum atomic E-state index is 3.70. The molecular weight excluding hydrogens is 250 g/mol. The molecule has 0 amide bonds. The second kappa shape index (κ2) is 10.9. The largest absolute Gasteiger partial charge is 0.314 e. The third-order valence-electron chi connectivity index (χ3n) is 3.19. The predicted octanol–water partition coefficient (Wildman–Crippen LogP) is 4.36. The van der Waals surface area contributed by atoms with Gasteiger partial charge in [0.1, 0.15) is 0 Å². The average molecular weight is 278 g/mol. The lowest BCUT2D eigenvalue weighted by Gasteiger charge is -2.20. The lowest BCUT2D eigenvalue weighted by molar-refractivity contribution is 0.379. The molecule has 0 aromatic rings. The molecule has 1 N–H and O–H groups in total. The van der Waals surface area contributed by atoms with E-state index < -0.39 is 0 Å². The van der Waals surface area contributed by atoms with Gasteiger partial charge in [-0.05, 0) is 31.7 Å². The van der Waals surface area contributed by atoms with Crippen LogP contribution >= 0.6 is 15.9 Å². The Kier molecular flexibility index (Phi) is 11.3. The Labute approximate surface area is 105 Å². The van der Waals surface area contributed by atoms with Gasteiger partial charge in [-0.3, -0.25) is 0 Å². The molecule has 1 nitrogen and oxygen atoms in total. The third-order valence-corrected chi connectivity index (χ3v) is 3.65. The van der Waals surface area contributed by atoms with Crippen molar-refractivity contribution in [3.8, 4) is 0 Å². The highest BCUT2D eigenvalue weighted by atomic mass is 79.9. The fourth-order valence-electron chi connectivity index (χ4n) is 1.86. The van der Waals surface area contributed by atoms with Crippen LogP contribution in [0.3, 0.4) is 0 Å². The van der Waals surface area contributed by atoms with Crippen LogP contribution in [0.1, 0.15) is 59.3 Å². The molecule has 0 aliphatic rings. The second-order valence-electron chi connectivity index (χ2n) is 4.41. The third kappa shape index (κ3) is 8.27. The lowest BCUT2D eigenvalue weighted by atomic mass is 9.98. The number of alkyl halides is 1. The fourth-order valence-corrected chi connectivity index (χ4v) is 2.41. The molecule has 0 saturated carbocycles. The Morgan fingerprint density at radius 3 is 2.27 bits per heavy atom. The van der Waals surface area contributed by atoms with Crippen molar-refractivity contribution in [2.45, 2.75) is 65.3 Å². The second-order valence-corrected chi connectivity index (χ2v) is 5.20. The summed E-state index contributed by atoms with van der Waals surface area (Å²) in [5.41, 5.74) is 0. The highest BCUT2D eigenvalue weighted by Gasteiger charge is 2.09. The molecule has 0 aromatic heterocycles. The van der Waals surface area contributed by atoms with Gasteiger partial charge in [-0.2, -0.15) is 0 Å². The molecule has 0 aliphatic heterocycles. The molecular formula is C13H28BrN. The van der Waals surface area contributed by atoms with Crippen molar-refractivity contribution >= 4 is 15.9 Å². The van der Waals surface area contributed by atoms with Gasteiger partial charge in [0.2, 0.25) is 0 Å². The van der Waals surface area contributed by atoms with E-state index in [1.165, 1.54) is 45.1 Å². The van der Waals surface area contributed by atoms with Crippen molar-refractivity contribution in [1.82, 2.24) is 5.32 Å². The number of hydrogen-bond donors (Lipinski definition) is 1. The molecule has 0 spiro atoms. The van der Waals surface area contributed by atoms with Crippen LogP contribution in [-0.4, -0.2) is 17.9 Å². The van der Waals surface area contributed by atoms with Gasteiger partial charge < -0.3 is 5.32 Å². The summed E-state index contributed by atoms with van der Waals surface area (Å²) in [5, 5.41) is 4.82. The average Bonchev–Trinajstić information content (AvgIpc) is 2.27. The Hall–Kier alpha value is 0.440. The van der Waals surface area contributed by atoms with Gasteiger partial charge >= 0.3 is 0 Å². The summed E-state index contributed by atoms with van der Waals surface area (Å²) >= 11 is 3.52.